The fraction of sp³-hybridized carbons (Fsp3) is 0.0526. The summed E-state index contributed by atoms with van der Waals surface area (Å²) in [5.74, 6) is 0. The molecule has 0 saturated carbocycles. The third kappa shape index (κ3) is 4.15. The zero-order valence-electron chi connectivity index (χ0n) is 22.6. The van der Waals surface area contributed by atoms with Gasteiger partial charge in [-0.1, -0.05) is 103 Å². The number of aryl methyl sites for hydroxylation is 2. The lowest BCUT2D eigenvalue weighted by atomic mass is 9.85. The molecule has 190 valence electrons. The highest BCUT2D eigenvalue weighted by atomic mass is 14.7. The number of hydrogen-bond donors (Lipinski definition) is 0. The Labute approximate surface area is 234 Å². The first kappa shape index (κ1) is 24.0. The molecule has 0 saturated heterocycles. The Balaban J connectivity index is 1.45. The Morgan fingerprint density at radius 1 is 0.450 bits per heavy atom. The normalized spacial score (nSPS) is 11.2. The van der Waals surface area contributed by atoms with E-state index in [4.69, 9.17) is 4.98 Å². The highest BCUT2D eigenvalue weighted by Gasteiger charge is 2.17. The van der Waals surface area contributed by atoms with E-state index >= 15 is 0 Å². The van der Waals surface area contributed by atoms with Crippen LogP contribution < -0.4 is 0 Å². The highest BCUT2D eigenvalue weighted by molar-refractivity contribution is 6.21. The van der Waals surface area contributed by atoms with E-state index in [0.29, 0.717) is 0 Å². The van der Waals surface area contributed by atoms with Gasteiger partial charge in [0.05, 0.1) is 5.69 Å². The molecule has 2 aromatic heterocycles. The molecule has 0 amide bonds. The number of aromatic nitrogens is 2. The minimum absolute atomic E-state index is 0.996. The van der Waals surface area contributed by atoms with E-state index < -0.39 is 0 Å². The van der Waals surface area contributed by atoms with Gasteiger partial charge in [-0.25, -0.2) is 0 Å². The van der Waals surface area contributed by atoms with E-state index in [9.17, 15) is 0 Å². The SMILES string of the molecule is Cc1cccc(-c2cccc(-c3c4ccccc4c(-c4ccc(-c5cccnc5C)cc4)c4ccccc34)c2)n1. The molecule has 40 heavy (non-hydrogen) atoms. The van der Waals surface area contributed by atoms with Gasteiger partial charge in [0, 0.05) is 28.7 Å². The molecule has 2 heterocycles. The molecule has 2 heteroatoms. The van der Waals surface area contributed by atoms with Crippen molar-refractivity contribution in [3.05, 3.63) is 145 Å². The van der Waals surface area contributed by atoms with Crippen LogP contribution in [0.2, 0.25) is 0 Å². The number of hydrogen-bond acceptors (Lipinski definition) is 2. The summed E-state index contributed by atoms with van der Waals surface area (Å²) in [6.07, 6.45) is 1.85. The van der Waals surface area contributed by atoms with Gasteiger partial charge in [-0.3, -0.25) is 9.97 Å². The molecular formula is C38H28N2. The highest BCUT2D eigenvalue weighted by Crippen LogP contribution is 2.44. The van der Waals surface area contributed by atoms with E-state index in [1.54, 1.807) is 0 Å². The molecule has 0 unspecified atom stereocenters. The van der Waals surface area contributed by atoms with Gasteiger partial charge in [-0.15, -0.1) is 0 Å². The second-order valence-corrected chi connectivity index (χ2v) is 10.3. The Morgan fingerprint density at radius 2 is 1.02 bits per heavy atom. The summed E-state index contributed by atoms with van der Waals surface area (Å²) in [7, 11) is 0. The first-order valence-electron chi connectivity index (χ1n) is 13.7. The predicted molar refractivity (Wildman–Crippen MR) is 168 cm³/mol. The summed E-state index contributed by atoms with van der Waals surface area (Å²) >= 11 is 0. The second-order valence-electron chi connectivity index (χ2n) is 10.3. The lowest BCUT2D eigenvalue weighted by molar-refractivity contribution is 1.20. The zero-order chi connectivity index (χ0) is 27.1. The van der Waals surface area contributed by atoms with Crippen LogP contribution in [0.1, 0.15) is 11.4 Å². The molecule has 0 bridgehead atoms. The maximum atomic E-state index is 4.79. The summed E-state index contributed by atoms with van der Waals surface area (Å²) in [6.45, 7) is 4.10. The first-order chi connectivity index (χ1) is 19.7. The van der Waals surface area contributed by atoms with Crippen molar-refractivity contribution >= 4 is 21.5 Å². The predicted octanol–water partition coefficient (Wildman–Crippen LogP) is 10.1. The Bertz CT molecular complexity index is 1960. The van der Waals surface area contributed by atoms with Crippen molar-refractivity contribution in [3.8, 4) is 44.6 Å². The van der Waals surface area contributed by atoms with Crippen LogP contribution in [0.4, 0.5) is 0 Å². The van der Waals surface area contributed by atoms with E-state index in [1.165, 1.54) is 54.9 Å². The quantitative estimate of drug-likeness (QED) is 0.219. The van der Waals surface area contributed by atoms with Crippen molar-refractivity contribution in [2.75, 3.05) is 0 Å². The third-order valence-electron chi connectivity index (χ3n) is 7.76. The first-order valence-corrected chi connectivity index (χ1v) is 13.7. The van der Waals surface area contributed by atoms with Crippen molar-refractivity contribution in [2.45, 2.75) is 13.8 Å². The molecular weight excluding hydrogens is 484 g/mol. The van der Waals surface area contributed by atoms with Crippen LogP contribution in [-0.2, 0) is 0 Å². The van der Waals surface area contributed by atoms with E-state index in [0.717, 1.165) is 22.6 Å². The summed E-state index contributed by atoms with van der Waals surface area (Å²) in [5.41, 5.74) is 11.5. The van der Waals surface area contributed by atoms with E-state index in [-0.39, 0.29) is 0 Å². The molecule has 0 aliphatic rings. The number of nitrogens with zero attached hydrogens (tertiary/aromatic N) is 2. The Kier molecular flexibility index (Phi) is 5.94. The maximum Gasteiger partial charge on any atom is 0.0705 e. The molecule has 0 N–H and O–H groups in total. The summed E-state index contributed by atoms with van der Waals surface area (Å²) < 4.78 is 0. The minimum atomic E-state index is 0.996. The van der Waals surface area contributed by atoms with Crippen LogP contribution in [0.25, 0.3) is 66.2 Å². The molecule has 5 aromatic carbocycles. The fourth-order valence-electron chi connectivity index (χ4n) is 5.89. The number of rotatable bonds is 4. The average Bonchev–Trinajstić information content (AvgIpc) is 3.00. The molecule has 0 spiro atoms. The summed E-state index contributed by atoms with van der Waals surface area (Å²) in [4.78, 5) is 9.27. The van der Waals surface area contributed by atoms with Crippen molar-refractivity contribution in [1.29, 1.82) is 0 Å². The largest absolute Gasteiger partial charge is 0.261 e. The van der Waals surface area contributed by atoms with E-state index in [1.807, 2.05) is 25.3 Å². The van der Waals surface area contributed by atoms with Gasteiger partial charge in [0.15, 0.2) is 0 Å². The van der Waals surface area contributed by atoms with Crippen LogP contribution in [-0.4, -0.2) is 9.97 Å². The topological polar surface area (TPSA) is 25.8 Å². The van der Waals surface area contributed by atoms with Crippen molar-refractivity contribution in [3.63, 3.8) is 0 Å². The van der Waals surface area contributed by atoms with Crippen molar-refractivity contribution in [2.24, 2.45) is 0 Å². The van der Waals surface area contributed by atoms with Gasteiger partial charge in [0.1, 0.15) is 0 Å². The standard InChI is InChI=1S/C38H28N2/c1-25-10-7-18-36(40-25)29-11-8-12-30(24-29)38-34-15-5-3-13-32(34)37(33-14-4-6-16-35(33)38)28-21-19-27(20-22-28)31-17-9-23-39-26(31)2/h3-24H,1-2H3. The van der Waals surface area contributed by atoms with Gasteiger partial charge in [0.25, 0.3) is 0 Å². The van der Waals surface area contributed by atoms with Gasteiger partial charge in [0.2, 0.25) is 0 Å². The Morgan fingerprint density at radius 3 is 1.65 bits per heavy atom. The lowest BCUT2D eigenvalue weighted by Crippen LogP contribution is -1.92. The van der Waals surface area contributed by atoms with E-state index in [2.05, 4.69) is 127 Å². The van der Waals surface area contributed by atoms with Crippen LogP contribution in [0.5, 0.6) is 0 Å². The summed E-state index contributed by atoms with van der Waals surface area (Å²) in [5, 5.41) is 5.00. The molecule has 0 fully saturated rings. The van der Waals surface area contributed by atoms with Gasteiger partial charge in [-0.05, 0) is 87.5 Å². The molecule has 0 aliphatic carbocycles. The molecule has 2 nitrogen and oxygen atoms in total. The lowest BCUT2D eigenvalue weighted by Gasteiger charge is -2.18. The van der Waals surface area contributed by atoms with Crippen molar-refractivity contribution in [1.82, 2.24) is 9.97 Å². The van der Waals surface area contributed by atoms with Crippen molar-refractivity contribution < 1.29 is 0 Å². The van der Waals surface area contributed by atoms with Crippen LogP contribution in [0.3, 0.4) is 0 Å². The minimum Gasteiger partial charge on any atom is -0.261 e. The summed E-state index contributed by atoms with van der Waals surface area (Å²) in [6, 6.07) is 45.7. The number of pyridine rings is 2. The van der Waals surface area contributed by atoms with Crippen LogP contribution >= 0.6 is 0 Å². The van der Waals surface area contributed by atoms with Gasteiger partial charge >= 0.3 is 0 Å². The van der Waals surface area contributed by atoms with Crippen LogP contribution in [0.15, 0.2) is 134 Å². The third-order valence-corrected chi connectivity index (χ3v) is 7.76. The maximum absolute atomic E-state index is 4.79. The second kappa shape index (κ2) is 9.91. The molecule has 7 aromatic rings. The van der Waals surface area contributed by atoms with Crippen LogP contribution in [0, 0.1) is 13.8 Å². The number of fused-ring (bicyclic) bond motifs is 2. The van der Waals surface area contributed by atoms with Gasteiger partial charge in [-0.2, -0.15) is 0 Å². The van der Waals surface area contributed by atoms with Gasteiger partial charge < -0.3 is 0 Å². The molecule has 0 radical (unpaired) electrons. The molecule has 0 atom stereocenters. The average molecular weight is 513 g/mol. The monoisotopic (exact) mass is 512 g/mol. The smallest absolute Gasteiger partial charge is 0.0705 e. The molecule has 0 aliphatic heterocycles. The fourth-order valence-corrected chi connectivity index (χ4v) is 5.89. The Hall–Kier alpha value is -5.08. The molecule has 7 rings (SSSR count). The number of benzene rings is 5. The zero-order valence-corrected chi connectivity index (χ0v) is 22.6.